The Bertz CT molecular complexity index is 393. The predicted octanol–water partition coefficient (Wildman–Crippen LogP) is 0.131. The van der Waals surface area contributed by atoms with Gasteiger partial charge in [0.05, 0.1) is 11.5 Å². The number of alkyl halides is 3. The molecule has 0 unspecified atom stereocenters. The Morgan fingerprint density at radius 2 is 1.53 bits per heavy atom. The first-order chi connectivity index (χ1) is 6.41. The Labute approximate surface area is 83.9 Å². The SMILES string of the molecule is O=S(=O)(O)CCCS(=O)(=O)OC(F)(F)F. The highest BCUT2D eigenvalue weighted by atomic mass is 32.2. The van der Waals surface area contributed by atoms with Crippen LogP contribution in [0, 0.1) is 0 Å². The molecular formula is C4H7F3O6S2. The van der Waals surface area contributed by atoms with E-state index in [-0.39, 0.29) is 0 Å². The molecule has 0 rings (SSSR count). The van der Waals surface area contributed by atoms with Crippen LogP contribution in [0.4, 0.5) is 13.2 Å². The molecule has 0 bridgehead atoms. The van der Waals surface area contributed by atoms with Gasteiger partial charge in [0, 0.05) is 0 Å². The summed E-state index contributed by atoms with van der Waals surface area (Å²) in [6, 6.07) is 0. The van der Waals surface area contributed by atoms with Gasteiger partial charge in [-0.05, 0) is 6.42 Å². The van der Waals surface area contributed by atoms with Gasteiger partial charge in [-0.25, -0.2) is 0 Å². The van der Waals surface area contributed by atoms with E-state index in [1.54, 1.807) is 0 Å². The van der Waals surface area contributed by atoms with Gasteiger partial charge < -0.3 is 0 Å². The molecule has 92 valence electrons. The van der Waals surface area contributed by atoms with Crippen molar-refractivity contribution in [3.63, 3.8) is 0 Å². The van der Waals surface area contributed by atoms with Crippen molar-refractivity contribution in [1.82, 2.24) is 0 Å². The third-order valence-corrected chi connectivity index (χ3v) is 3.05. The summed E-state index contributed by atoms with van der Waals surface area (Å²) in [4.78, 5) is 0. The minimum atomic E-state index is -5.34. The molecule has 0 aliphatic carbocycles. The van der Waals surface area contributed by atoms with Gasteiger partial charge in [-0.3, -0.25) is 4.55 Å². The molecule has 11 heteroatoms. The number of rotatable bonds is 5. The van der Waals surface area contributed by atoms with Crippen molar-refractivity contribution >= 4 is 20.2 Å². The second-order valence-electron chi connectivity index (χ2n) is 2.43. The Morgan fingerprint density at radius 3 is 1.87 bits per heavy atom. The van der Waals surface area contributed by atoms with E-state index >= 15 is 0 Å². The van der Waals surface area contributed by atoms with Gasteiger partial charge in [-0.2, -0.15) is 21.0 Å². The fourth-order valence-electron chi connectivity index (χ4n) is 0.604. The van der Waals surface area contributed by atoms with Crippen LogP contribution in [-0.2, 0) is 24.4 Å². The van der Waals surface area contributed by atoms with Crippen molar-refractivity contribution in [3.8, 4) is 0 Å². The molecule has 0 radical (unpaired) electrons. The Morgan fingerprint density at radius 1 is 1.07 bits per heavy atom. The smallest absolute Gasteiger partial charge is 0.286 e. The van der Waals surface area contributed by atoms with Crippen LogP contribution in [0.15, 0.2) is 0 Å². The second kappa shape index (κ2) is 4.63. The normalized spacial score (nSPS) is 14.1. The number of hydrogen-bond acceptors (Lipinski definition) is 5. The van der Waals surface area contributed by atoms with E-state index in [2.05, 4.69) is 4.18 Å². The van der Waals surface area contributed by atoms with Gasteiger partial charge in [0.1, 0.15) is 0 Å². The molecule has 1 N–H and O–H groups in total. The molecule has 0 saturated carbocycles. The van der Waals surface area contributed by atoms with Crippen LogP contribution < -0.4 is 0 Å². The highest BCUT2D eigenvalue weighted by Gasteiger charge is 2.36. The van der Waals surface area contributed by atoms with E-state index in [9.17, 15) is 30.0 Å². The standard InChI is InChI=1S/C4H7F3O6S2/c5-4(6,7)13-15(11,12)3-1-2-14(8,9)10/h1-3H2,(H,8,9,10). The summed E-state index contributed by atoms with van der Waals surface area (Å²) in [6.45, 7) is 0. The first-order valence-electron chi connectivity index (χ1n) is 3.36. The maximum atomic E-state index is 11.4. The monoisotopic (exact) mass is 272 g/mol. The first kappa shape index (κ1) is 14.6. The molecular weight excluding hydrogens is 265 g/mol. The van der Waals surface area contributed by atoms with Crippen molar-refractivity contribution in [1.29, 1.82) is 0 Å². The molecule has 0 spiro atoms. The van der Waals surface area contributed by atoms with Crippen LogP contribution in [0.2, 0.25) is 0 Å². The Balaban J connectivity index is 4.19. The molecule has 0 aliphatic rings. The second-order valence-corrected chi connectivity index (χ2v) is 5.69. The van der Waals surface area contributed by atoms with Crippen LogP contribution in [0.5, 0.6) is 0 Å². The largest absolute Gasteiger partial charge is 0.537 e. The van der Waals surface area contributed by atoms with Gasteiger partial charge >= 0.3 is 6.36 Å². The summed E-state index contributed by atoms with van der Waals surface area (Å²) in [5.74, 6) is -2.10. The van der Waals surface area contributed by atoms with Gasteiger partial charge in [0.15, 0.2) is 0 Å². The molecule has 0 atom stereocenters. The van der Waals surface area contributed by atoms with Crippen molar-refractivity contribution in [3.05, 3.63) is 0 Å². The van der Waals surface area contributed by atoms with Gasteiger partial charge in [-0.1, -0.05) is 0 Å². The third kappa shape index (κ3) is 9.90. The highest BCUT2D eigenvalue weighted by molar-refractivity contribution is 7.87. The van der Waals surface area contributed by atoms with Crippen LogP contribution in [0.1, 0.15) is 6.42 Å². The topological polar surface area (TPSA) is 97.7 Å². The summed E-state index contributed by atoms with van der Waals surface area (Å²) in [7, 11) is -9.25. The molecule has 0 aromatic heterocycles. The van der Waals surface area contributed by atoms with Crippen molar-refractivity contribution < 1.29 is 38.7 Å². The first-order valence-corrected chi connectivity index (χ1v) is 6.55. The third-order valence-electron chi connectivity index (χ3n) is 1.02. The maximum absolute atomic E-state index is 11.4. The minimum Gasteiger partial charge on any atom is -0.286 e. The minimum absolute atomic E-state index is 0.683. The van der Waals surface area contributed by atoms with Crippen LogP contribution in [0.3, 0.4) is 0 Å². The summed E-state index contributed by atoms with van der Waals surface area (Å²) >= 11 is 0. The van der Waals surface area contributed by atoms with Crippen LogP contribution in [0.25, 0.3) is 0 Å². The lowest BCUT2D eigenvalue weighted by Gasteiger charge is -2.06. The number of hydrogen-bond donors (Lipinski definition) is 1. The predicted molar refractivity (Wildman–Crippen MR) is 42.0 cm³/mol. The van der Waals surface area contributed by atoms with Gasteiger partial charge in [-0.15, -0.1) is 13.2 Å². The van der Waals surface area contributed by atoms with Crippen molar-refractivity contribution in [2.24, 2.45) is 0 Å². The average molecular weight is 272 g/mol. The van der Waals surface area contributed by atoms with Crippen LogP contribution >= 0.6 is 0 Å². The molecule has 0 saturated heterocycles. The zero-order valence-electron chi connectivity index (χ0n) is 7.06. The van der Waals surface area contributed by atoms with E-state index in [1.807, 2.05) is 0 Å². The fraction of sp³-hybridized carbons (Fsp3) is 1.00. The summed E-state index contributed by atoms with van der Waals surface area (Å²) < 4.78 is 86.5. The molecule has 15 heavy (non-hydrogen) atoms. The van der Waals surface area contributed by atoms with E-state index in [4.69, 9.17) is 4.55 Å². The zero-order valence-corrected chi connectivity index (χ0v) is 8.69. The van der Waals surface area contributed by atoms with Crippen molar-refractivity contribution in [2.45, 2.75) is 12.8 Å². The molecule has 6 nitrogen and oxygen atoms in total. The van der Waals surface area contributed by atoms with E-state index in [0.717, 1.165) is 0 Å². The van der Waals surface area contributed by atoms with E-state index in [1.165, 1.54) is 0 Å². The van der Waals surface area contributed by atoms with Crippen LogP contribution in [-0.4, -0.2) is 39.3 Å². The van der Waals surface area contributed by atoms with E-state index in [0.29, 0.717) is 0 Å². The van der Waals surface area contributed by atoms with Crippen molar-refractivity contribution in [2.75, 3.05) is 11.5 Å². The molecule has 0 aliphatic heterocycles. The van der Waals surface area contributed by atoms with Gasteiger partial charge in [0.2, 0.25) is 0 Å². The fourth-order valence-corrected chi connectivity index (χ4v) is 2.16. The molecule has 0 heterocycles. The average Bonchev–Trinajstić information content (AvgIpc) is 1.75. The summed E-state index contributed by atoms with van der Waals surface area (Å²) in [5.41, 5.74) is 0. The lowest BCUT2D eigenvalue weighted by atomic mass is 10.6. The summed E-state index contributed by atoms with van der Waals surface area (Å²) in [5, 5.41) is 0. The number of halogens is 3. The Hall–Kier alpha value is -0.390. The lowest BCUT2D eigenvalue weighted by molar-refractivity contribution is -0.271. The summed E-state index contributed by atoms with van der Waals surface area (Å²) in [6.07, 6.45) is -6.02. The Kier molecular flexibility index (Phi) is 4.51. The zero-order chi connectivity index (χ0) is 12.3. The molecule has 0 amide bonds. The lowest BCUT2D eigenvalue weighted by Crippen LogP contribution is -2.23. The molecule has 0 aromatic rings. The molecule has 0 fully saturated rings. The molecule has 0 aromatic carbocycles. The maximum Gasteiger partial charge on any atom is 0.537 e. The van der Waals surface area contributed by atoms with Gasteiger partial charge in [0.25, 0.3) is 20.2 Å². The van der Waals surface area contributed by atoms with E-state index < -0.39 is 44.5 Å². The highest BCUT2D eigenvalue weighted by Crippen LogP contribution is 2.20. The quantitative estimate of drug-likeness (QED) is 0.564.